The molecule has 76 valence electrons. The Hall–Kier alpha value is -0.610. The normalized spacial score (nSPS) is 21.1. The molecule has 4 heteroatoms. The van der Waals surface area contributed by atoms with Crippen molar-refractivity contribution in [3.05, 3.63) is 0 Å². The molecule has 0 spiro atoms. The molecule has 1 unspecified atom stereocenters. The molecule has 0 saturated heterocycles. The number of hydrogen-bond donors (Lipinski definition) is 2. The molecule has 0 aromatic carbocycles. The number of rotatable bonds is 6. The van der Waals surface area contributed by atoms with E-state index in [0.29, 0.717) is 12.5 Å². The van der Waals surface area contributed by atoms with Crippen LogP contribution >= 0.6 is 0 Å². The van der Waals surface area contributed by atoms with Crippen LogP contribution in [-0.2, 0) is 9.53 Å². The van der Waals surface area contributed by atoms with E-state index in [0.717, 1.165) is 12.8 Å². The Morgan fingerprint density at radius 1 is 1.69 bits per heavy atom. The number of carboxylic acids is 1. The first-order valence-corrected chi connectivity index (χ1v) is 4.64. The van der Waals surface area contributed by atoms with E-state index in [4.69, 9.17) is 9.84 Å². The first kappa shape index (κ1) is 10.5. The van der Waals surface area contributed by atoms with Gasteiger partial charge in [0.25, 0.3) is 0 Å². The van der Waals surface area contributed by atoms with Crippen molar-refractivity contribution >= 4 is 5.97 Å². The molecule has 0 aromatic heterocycles. The molecule has 0 aliphatic heterocycles. The second kappa shape index (κ2) is 4.07. The Morgan fingerprint density at radius 3 is 2.62 bits per heavy atom. The molecule has 0 heterocycles. The van der Waals surface area contributed by atoms with Gasteiger partial charge in [-0.05, 0) is 19.3 Å². The average Bonchev–Trinajstić information content (AvgIpc) is 2.87. The molecule has 1 atom stereocenters. The van der Waals surface area contributed by atoms with Gasteiger partial charge in [-0.3, -0.25) is 10.1 Å². The summed E-state index contributed by atoms with van der Waals surface area (Å²) < 4.78 is 4.94. The molecule has 13 heavy (non-hydrogen) atoms. The zero-order valence-corrected chi connectivity index (χ0v) is 8.17. The summed E-state index contributed by atoms with van der Waals surface area (Å²) in [6.07, 6.45) is 2.71. The van der Waals surface area contributed by atoms with Crippen LogP contribution in [0.2, 0.25) is 0 Å². The number of hydrogen-bond acceptors (Lipinski definition) is 3. The largest absolute Gasteiger partial charge is 0.480 e. The summed E-state index contributed by atoms with van der Waals surface area (Å²) in [6.45, 7) is 2.10. The molecule has 0 radical (unpaired) electrons. The minimum atomic E-state index is -0.879. The minimum absolute atomic E-state index is 0.231. The zero-order valence-electron chi connectivity index (χ0n) is 8.17. The van der Waals surface area contributed by atoms with Gasteiger partial charge < -0.3 is 9.84 Å². The third-order valence-electron chi connectivity index (χ3n) is 2.46. The first-order valence-electron chi connectivity index (χ1n) is 4.64. The molecule has 1 fully saturated rings. The maximum atomic E-state index is 11.1. The van der Waals surface area contributed by atoms with Crippen molar-refractivity contribution in [1.29, 1.82) is 0 Å². The highest BCUT2D eigenvalue weighted by Gasteiger charge is 2.41. The SMILES string of the molecule is CCC(COC)(NC1CC1)C(=O)O. The summed E-state index contributed by atoms with van der Waals surface area (Å²) in [7, 11) is 1.53. The molecular formula is C9H17NO3. The van der Waals surface area contributed by atoms with E-state index in [-0.39, 0.29) is 6.61 Å². The third-order valence-corrected chi connectivity index (χ3v) is 2.46. The maximum absolute atomic E-state index is 11.1. The van der Waals surface area contributed by atoms with Crippen LogP contribution in [0.25, 0.3) is 0 Å². The zero-order chi connectivity index (χ0) is 9.90. The highest BCUT2D eigenvalue weighted by Crippen LogP contribution is 2.24. The molecular weight excluding hydrogens is 170 g/mol. The molecule has 1 rings (SSSR count). The van der Waals surface area contributed by atoms with Crippen LogP contribution in [0.1, 0.15) is 26.2 Å². The van der Waals surface area contributed by atoms with E-state index < -0.39 is 11.5 Å². The van der Waals surface area contributed by atoms with Crippen molar-refractivity contribution < 1.29 is 14.6 Å². The van der Waals surface area contributed by atoms with Crippen molar-refractivity contribution in [3.63, 3.8) is 0 Å². The van der Waals surface area contributed by atoms with Crippen molar-refractivity contribution in [2.75, 3.05) is 13.7 Å². The van der Waals surface area contributed by atoms with E-state index in [2.05, 4.69) is 5.32 Å². The summed E-state index contributed by atoms with van der Waals surface area (Å²) in [5, 5.41) is 12.2. The van der Waals surface area contributed by atoms with E-state index >= 15 is 0 Å². The Bertz CT molecular complexity index is 191. The number of carboxylic acid groups (broad SMARTS) is 1. The molecule has 0 aromatic rings. The van der Waals surface area contributed by atoms with Gasteiger partial charge in [0.1, 0.15) is 5.54 Å². The number of carbonyl (C=O) groups is 1. The van der Waals surface area contributed by atoms with Crippen LogP contribution in [0.4, 0.5) is 0 Å². The summed E-state index contributed by atoms with van der Waals surface area (Å²) in [5.41, 5.74) is -0.879. The van der Waals surface area contributed by atoms with Crippen molar-refractivity contribution in [3.8, 4) is 0 Å². The Labute approximate surface area is 78.3 Å². The van der Waals surface area contributed by atoms with Gasteiger partial charge in [-0.15, -0.1) is 0 Å². The predicted molar refractivity (Wildman–Crippen MR) is 48.7 cm³/mol. The van der Waals surface area contributed by atoms with Gasteiger partial charge in [0, 0.05) is 13.2 Å². The van der Waals surface area contributed by atoms with Gasteiger partial charge in [-0.25, -0.2) is 0 Å². The third kappa shape index (κ3) is 2.42. The standard InChI is InChI=1S/C9H17NO3/c1-3-9(6-13-2,8(11)12)10-7-4-5-7/h7,10H,3-6H2,1-2H3,(H,11,12). The van der Waals surface area contributed by atoms with Gasteiger partial charge in [0.15, 0.2) is 0 Å². The molecule has 0 amide bonds. The number of methoxy groups -OCH3 is 1. The Morgan fingerprint density at radius 2 is 2.31 bits per heavy atom. The topological polar surface area (TPSA) is 58.6 Å². The summed E-state index contributed by atoms with van der Waals surface area (Å²) in [6, 6.07) is 0.381. The van der Waals surface area contributed by atoms with Crippen molar-refractivity contribution in [2.45, 2.75) is 37.8 Å². The van der Waals surface area contributed by atoms with Crippen LogP contribution in [0.5, 0.6) is 0 Å². The number of ether oxygens (including phenoxy) is 1. The molecule has 0 bridgehead atoms. The lowest BCUT2D eigenvalue weighted by molar-refractivity contribution is -0.147. The summed E-state index contributed by atoms with van der Waals surface area (Å²) >= 11 is 0. The van der Waals surface area contributed by atoms with Crippen LogP contribution in [0.15, 0.2) is 0 Å². The Balaban J connectivity index is 2.61. The fourth-order valence-electron chi connectivity index (χ4n) is 1.39. The van der Waals surface area contributed by atoms with Crippen LogP contribution in [0, 0.1) is 0 Å². The Kier molecular flexibility index (Phi) is 3.27. The molecule has 1 aliphatic carbocycles. The fourth-order valence-corrected chi connectivity index (χ4v) is 1.39. The van der Waals surface area contributed by atoms with Crippen LogP contribution < -0.4 is 5.32 Å². The lowest BCUT2D eigenvalue weighted by atomic mass is 9.97. The average molecular weight is 187 g/mol. The van der Waals surface area contributed by atoms with Gasteiger partial charge in [-0.2, -0.15) is 0 Å². The quantitative estimate of drug-likeness (QED) is 0.640. The minimum Gasteiger partial charge on any atom is -0.480 e. The smallest absolute Gasteiger partial charge is 0.326 e. The van der Waals surface area contributed by atoms with E-state index in [1.807, 2.05) is 6.92 Å². The van der Waals surface area contributed by atoms with Gasteiger partial charge in [0.05, 0.1) is 6.61 Å². The second-order valence-corrected chi connectivity index (χ2v) is 3.59. The second-order valence-electron chi connectivity index (χ2n) is 3.59. The highest BCUT2D eigenvalue weighted by atomic mass is 16.5. The number of aliphatic carboxylic acids is 1. The fraction of sp³-hybridized carbons (Fsp3) is 0.889. The molecule has 1 aliphatic rings. The van der Waals surface area contributed by atoms with E-state index in [1.165, 1.54) is 7.11 Å². The lowest BCUT2D eigenvalue weighted by Crippen LogP contribution is -2.55. The van der Waals surface area contributed by atoms with Gasteiger partial charge >= 0.3 is 5.97 Å². The maximum Gasteiger partial charge on any atom is 0.326 e. The van der Waals surface area contributed by atoms with Crippen LogP contribution in [-0.4, -0.2) is 36.4 Å². The van der Waals surface area contributed by atoms with Crippen LogP contribution in [0.3, 0.4) is 0 Å². The highest BCUT2D eigenvalue weighted by molar-refractivity contribution is 5.79. The van der Waals surface area contributed by atoms with Crippen molar-refractivity contribution in [1.82, 2.24) is 5.32 Å². The monoisotopic (exact) mass is 187 g/mol. The predicted octanol–water partition coefficient (Wildman–Crippen LogP) is 0.618. The van der Waals surface area contributed by atoms with Gasteiger partial charge in [0.2, 0.25) is 0 Å². The van der Waals surface area contributed by atoms with Gasteiger partial charge in [-0.1, -0.05) is 6.92 Å². The lowest BCUT2D eigenvalue weighted by Gasteiger charge is -2.28. The van der Waals surface area contributed by atoms with Crippen molar-refractivity contribution in [2.24, 2.45) is 0 Å². The van der Waals surface area contributed by atoms with E-state index in [9.17, 15) is 4.79 Å². The summed E-state index contributed by atoms with van der Waals surface area (Å²) in [5.74, 6) is -0.816. The molecule has 4 nitrogen and oxygen atoms in total. The summed E-state index contributed by atoms with van der Waals surface area (Å²) in [4.78, 5) is 11.1. The van der Waals surface area contributed by atoms with E-state index in [1.54, 1.807) is 0 Å². The first-order chi connectivity index (χ1) is 6.14. The molecule has 1 saturated carbocycles. The number of nitrogens with one attached hydrogen (secondary N) is 1. The molecule has 2 N–H and O–H groups in total.